The second-order valence-corrected chi connectivity index (χ2v) is 4.44. The van der Waals surface area contributed by atoms with E-state index < -0.39 is 11.4 Å². The van der Waals surface area contributed by atoms with E-state index in [2.05, 4.69) is 13.8 Å². The van der Waals surface area contributed by atoms with Gasteiger partial charge in [-0.1, -0.05) is 20.8 Å². The lowest BCUT2D eigenvalue weighted by molar-refractivity contribution is -0.149. The molecule has 0 amide bonds. The molecule has 1 N–H and O–H groups in total. The summed E-state index contributed by atoms with van der Waals surface area (Å²) in [4.78, 5) is 10.9. The first-order valence-electron chi connectivity index (χ1n) is 5.23. The van der Waals surface area contributed by atoms with Gasteiger partial charge in [0.1, 0.15) is 0 Å². The Morgan fingerprint density at radius 3 is 2.43 bits per heavy atom. The van der Waals surface area contributed by atoms with Gasteiger partial charge in [0.15, 0.2) is 0 Å². The molecule has 14 heavy (non-hydrogen) atoms. The van der Waals surface area contributed by atoms with Crippen molar-refractivity contribution in [1.29, 1.82) is 0 Å². The van der Waals surface area contributed by atoms with Crippen molar-refractivity contribution in [1.82, 2.24) is 0 Å². The molecule has 0 aromatic rings. The highest BCUT2D eigenvalue weighted by atomic mass is 16.5. The standard InChI is InChI=1S/C11H22O3/c1-5-11(4,10(12)13)6-7-14-8-9(2)3/h9H,5-8H2,1-4H3,(H,12,13). The zero-order valence-electron chi connectivity index (χ0n) is 9.67. The summed E-state index contributed by atoms with van der Waals surface area (Å²) in [6, 6.07) is 0. The number of carboxylic acid groups (broad SMARTS) is 1. The Kier molecular flexibility index (Phi) is 5.77. The lowest BCUT2D eigenvalue weighted by Gasteiger charge is -2.22. The summed E-state index contributed by atoms with van der Waals surface area (Å²) >= 11 is 0. The van der Waals surface area contributed by atoms with Crippen LogP contribution in [0, 0.1) is 11.3 Å². The molecule has 1 atom stereocenters. The summed E-state index contributed by atoms with van der Waals surface area (Å²) in [6.07, 6.45) is 1.24. The Labute approximate surface area is 86.5 Å². The summed E-state index contributed by atoms with van der Waals surface area (Å²) in [5.41, 5.74) is -0.628. The van der Waals surface area contributed by atoms with Gasteiger partial charge in [-0.25, -0.2) is 0 Å². The van der Waals surface area contributed by atoms with Crippen molar-refractivity contribution in [3.8, 4) is 0 Å². The molecule has 0 aliphatic carbocycles. The van der Waals surface area contributed by atoms with Crippen LogP contribution in [0.4, 0.5) is 0 Å². The lowest BCUT2D eigenvalue weighted by Crippen LogP contribution is -2.28. The van der Waals surface area contributed by atoms with Gasteiger partial charge in [-0.2, -0.15) is 0 Å². The summed E-state index contributed by atoms with van der Waals surface area (Å²) in [6.45, 7) is 9.07. The first kappa shape index (κ1) is 13.4. The fourth-order valence-electron chi connectivity index (χ4n) is 1.05. The first-order chi connectivity index (χ1) is 6.42. The molecule has 1 unspecified atom stereocenters. The van der Waals surface area contributed by atoms with Crippen LogP contribution in [0.3, 0.4) is 0 Å². The van der Waals surface area contributed by atoms with Crippen molar-refractivity contribution in [3.05, 3.63) is 0 Å². The molecule has 0 saturated carbocycles. The van der Waals surface area contributed by atoms with E-state index in [1.165, 1.54) is 0 Å². The lowest BCUT2D eigenvalue weighted by atomic mass is 9.84. The smallest absolute Gasteiger partial charge is 0.309 e. The molecule has 84 valence electrons. The van der Waals surface area contributed by atoms with Gasteiger partial charge in [0.2, 0.25) is 0 Å². The predicted octanol–water partition coefficient (Wildman–Crippen LogP) is 2.55. The molecular formula is C11H22O3. The molecule has 0 aromatic carbocycles. The van der Waals surface area contributed by atoms with Crippen LogP contribution < -0.4 is 0 Å². The van der Waals surface area contributed by atoms with Crippen LogP contribution in [0.2, 0.25) is 0 Å². The fraction of sp³-hybridized carbons (Fsp3) is 0.909. The van der Waals surface area contributed by atoms with Crippen LogP contribution in [0.5, 0.6) is 0 Å². The number of hydrogen-bond acceptors (Lipinski definition) is 2. The van der Waals surface area contributed by atoms with Crippen LogP contribution in [-0.2, 0) is 9.53 Å². The topological polar surface area (TPSA) is 46.5 Å². The van der Waals surface area contributed by atoms with Crippen LogP contribution in [0.15, 0.2) is 0 Å². The molecule has 0 bridgehead atoms. The van der Waals surface area contributed by atoms with Crippen LogP contribution in [0.25, 0.3) is 0 Å². The largest absolute Gasteiger partial charge is 0.481 e. The maximum absolute atomic E-state index is 10.9. The second-order valence-electron chi connectivity index (χ2n) is 4.44. The zero-order valence-corrected chi connectivity index (χ0v) is 9.67. The monoisotopic (exact) mass is 202 g/mol. The number of rotatable bonds is 7. The van der Waals surface area contributed by atoms with Crippen LogP contribution in [-0.4, -0.2) is 24.3 Å². The zero-order chi connectivity index (χ0) is 11.2. The Hall–Kier alpha value is -0.570. The highest BCUT2D eigenvalue weighted by Crippen LogP contribution is 2.25. The van der Waals surface area contributed by atoms with Crippen LogP contribution in [0.1, 0.15) is 40.5 Å². The number of carbonyl (C=O) groups is 1. The van der Waals surface area contributed by atoms with Gasteiger partial charge >= 0.3 is 5.97 Å². The van der Waals surface area contributed by atoms with E-state index in [1.807, 2.05) is 6.92 Å². The second kappa shape index (κ2) is 6.02. The number of carboxylic acids is 1. The molecular weight excluding hydrogens is 180 g/mol. The molecule has 3 heteroatoms. The minimum absolute atomic E-state index is 0.507. The predicted molar refractivity (Wildman–Crippen MR) is 56.3 cm³/mol. The minimum atomic E-state index is -0.729. The summed E-state index contributed by atoms with van der Waals surface area (Å²) in [5, 5.41) is 8.99. The van der Waals surface area contributed by atoms with E-state index in [-0.39, 0.29) is 0 Å². The van der Waals surface area contributed by atoms with Crippen molar-refractivity contribution in [2.75, 3.05) is 13.2 Å². The molecule has 0 aliphatic heterocycles. The van der Waals surface area contributed by atoms with Crippen LogP contribution >= 0.6 is 0 Å². The fourth-order valence-corrected chi connectivity index (χ4v) is 1.05. The van der Waals surface area contributed by atoms with E-state index in [4.69, 9.17) is 9.84 Å². The Bertz CT molecular complexity index is 177. The van der Waals surface area contributed by atoms with Crippen molar-refractivity contribution in [2.45, 2.75) is 40.5 Å². The Morgan fingerprint density at radius 2 is 2.07 bits per heavy atom. The number of ether oxygens (including phenoxy) is 1. The highest BCUT2D eigenvalue weighted by molar-refractivity contribution is 5.73. The minimum Gasteiger partial charge on any atom is -0.481 e. The normalized spacial score (nSPS) is 15.5. The molecule has 0 saturated heterocycles. The summed E-state index contributed by atoms with van der Waals surface area (Å²) in [7, 11) is 0. The SMILES string of the molecule is CCC(C)(CCOCC(C)C)C(=O)O. The highest BCUT2D eigenvalue weighted by Gasteiger charge is 2.30. The molecule has 3 nitrogen and oxygen atoms in total. The maximum Gasteiger partial charge on any atom is 0.309 e. The average Bonchev–Trinajstić information content (AvgIpc) is 2.11. The summed E-state index contributed by atoms with van der Waals surface area (Å²) in [5.74, 6) is -0.221. The molecule has 0 radical (unpaired) electrons. The molecule has 0 aromatic heterocycles. The van der Waals surface area contributed by atoms with Gasteiger partial charge < -0.3 is 9.84 Å². The van der Waals surface area contributed by atoms with Crippen molar-refractivity contribution < 1.29 is 14.6 Å². The van der Waals surface area contributed by atoms with Gasteiger partial charge in [0.05, 0.1) is 5.41 Å². The molecule has 0 heterocycles. The maximum atomic E-state index is 10.9. The van der Waals surface area contributed by atoms with Gasteiger partial charge in [0.25, 0.3) is 0 Å². The third-order valence-corrected chi connectivity index (χ3v) is 2.55. The summed E-state index contributed by atoms with van der Waals surface area (Å²) < 4.78 is 5.38. The average molecular weight is 202 g/mol. The molecule has 0 aliphatic rings. The van der Waals surface area contributed by atoms with E-state index in [9.17, 15) is 4.79 Å². The molecule has 0 rings (SSSR count). The third kappa shape index (κ3) is 4.61. The van der Waals surface area contributed by atoms with Crippen molar-refractivity contribution >= 4 is 5.97 Å². The van der Waals surface area contributed by atoms with Crippen molar-refractivity contribution in [3.63, 3.8) is 0 Å². The van der Waals surface area contributed by atoms with Gasteiger partial charge in [-0.3, -0.25) is 4.79 Å². The van der Waals surface area contributed by atoms with E-state index in [0.717, 1.165) is 0 Å². The number of aliphatic carboxylic acids is 1. The Balaban J connectivity index is 3.79. The van der Waals surface area contributed by atoms with Gasteiger partial charge in [-0.05, 0) is 25.7 Å². The Morgan fingerprint density at radius 1 is 1.50 bits per heavy atom. The molecule has 0 spiro atoms. The van der Waals surface area contributed by atoms with E-state index >= 15 is 0 Å². The van der Waals surface area contributed by atoms with E-state index in [0.29, 0.717) is 32.0 Å². The van der Waals surface area contributed by atoms with E-state index in [1.54, 1.807) is 6.92 Å². The number of hydrogen-bond donors (Lipinski definition) is 1. The third-order valence-electron chi connectivity index (χ3n) is 2.55. The van der Waals surface area contributed by atoms with Gasteiger partial charge in [0, 0.05) is 13.2 Å². The van der Waals surface area contributed by atoms with Crippen molar-refractivity contribution in [2.24, 2.45) is 11.3 Å². The molecule has 0 fully saturated rings. The first-order valence-corrected chi connectivity index (χ1v) is 5.23. The van der Waals surface area contributed by atoms with Gasteiger partial charge in [-0.15, -0.1) is 0 Å². The quantitative estimate of drug-likeness (QED) is 0.645.